The van der Waals surface area contributed by atoms with Gasteiger partial charge < -0.3 is 10.0 Å². The first-order valence-corrected chi connectivity index (χ1v) is 8.35. The van der Waals surface area contributed by atoms with Crippen molar-refractivity contribution in [1.82, 2.24) is 4.90 Å². The van der Waals surface area contributed by atoms with Crippen LogP contribution in [-0.2, 0) is 16.0 Å². The second-order valence-electron chi connectivity index (χ2n) is 5.04. The van der Waals surface area contributed by atoms with E-state index in [-0.39, 0.29) is 17.7 Å². The van der Waals surface area contributed by atoms with Gasteiger partial charge in [-0.15, -0.1) is 11.8 Å². The molecule has 1 aromatic carbocycles. The van der Waals surface area contributed by atoms with Crippen LogP contribution in [0.1, 0.15) is 25.3 Å². The van der Waals surface area contributed by atoms with Gasteiger partial charge in [0.05, 0.1) is 11.8 Å². The number of benzene rings is 1. The van der Waals surface area contributed by atoms with Crippen molar-refractivity contribution in [2.24, 2.45) is 0 Å². The van der Waals surface area contributed by atoms with E-state index in [0.29, 0.717) is 10.8 Å². The predicted octanol–water partition coefficient (Wildman–Crippen LogP) is 3.04. The Labute approximate surface area is 133 Å². The highest BCUT2D eigenvalue weighted by molar-refractivity contribution is 8.00. The Morgan fingerprint density at radius 2 is 2.24 bits per heavy atom. The van der Waals surface area contributed by atoms with Crippen LogP contribution in [0.4, 0.5) is 0 Å². The predicted molar refractivity (Wildman–Crippen MR) is 84.6 cm³/mol. The van der Waals surface area contributed by atoms with Crippen molar-refractivity contribution in [2.45, 2.75) is 37.6 Å². The minimum Gasteiger partial charge on any atom is -0.480 e. The number of halogens is 1. The maximum atomic E-state index is 12.5. The van der Waals surface area contributed by atoms with Crippen molar-refractivity contribution in [3.05, 3.63) is 34.9 Å². The number of carboxylic acid groups (broad SMARTS) is 1. The second kappa shape index (κ2) is 7.18. The third-order valence-electron chi connectivity index (χ3n) is 3.45. The largest absolute Gasteiger partial charge is 0.480 e. The smallest absolute Gasteiger partial charge is 0.327 e. The lowest BCUT2D eigenvalue weighted by atomic mass is 10.1. The van der Waals surface area contributed by atoms with Crippen LogP contribution in [0.2, 0.25) is 5.02 Å². The molecular weight excluding hydrogens is 310 g/mol. The quantitative estimate of drug-likeness (QED) is 0.903. The van der Waals surface area contributed by atoms with Gasteiger partial charge in [0.2, 0.25) is 5.91 Å². The van der Waals surface area contributed by atoms with Crippen LogP contribution in [0.25, 0.3) is 0 Å². The lowest BCUT2D eigenvalue weighted by Crippen LogP contribution is -2.46. The molecule has 0 saturated carbocycles. The molecule has 1 aliphatic rings. The second-order valence-corrected chi connectivity index (χ2v) is 6.69. The van der Waals surface area contributed by atoms with Crippen LogP contribution in [-0.4, -0.2) is 39.1 Å². The van der Waals surface area contributed by atoms with E-state index in [1.807, 2.05) is 13.0 Å². The molecule has 1 aromatic rings. The van der Waals surface area contributed by atoms with E-state index in [9.17, 15) is 14.7 Å². The molecule has 1 aliphatic heterocycles. The van der Waals surface area contributed by atoms with Gasteiger partial charge in [-0.1, -0.05) is 37.1 Å². The minimum absolute atomic E-state index is 0.0391. The normalized spacial score (nSPS) is 21.5. The highest BCUT2D eigenvalue weighted by Crippen LogP contribution is 2.33. The van der Waals surface area contributed by atoms with Crippen molar-refractivity contribution in [2.75, 3.05) is 5.75 Å². The third-order valence-corrected chi connectivity index (χ3v) is 5.04. The summed E-state index contributed by atoms with van der Waals surface area (Å²) in [6.07, 6.45) is 1.92. The number of nitrogens with zero attached hydrogens (tertiary/aromatic N) is 1. The molecule has 1 amide bonds. The topological polar surface area (TPSA) is 57.6 Å². The third kappa shape index (κ3) is 3.92. The molecule has 2 atom stereocenters. The van der Waals surface area contributed by atoms with Crippen molar-refractivity contribution in [3.63, 3.8) is 0 Å². The minimum atomic E-state index is -0.930. The zero-order chi connectivity index (χ0) is 15.4. The highest BCUT2D eigenvalue weighted by atomic mass is 35.5. The van der Waals surface area contributed by atoms with Gasteiger partial charge in [-0.25, -0.2) is 4.79 Å². The van der Waals surface area contributed by atoms with E-state index >= 15 is 0 Å². The Morgan fingerprint density at radius 3 is 2.86 bits per heavy atom. The fraction of sp³-hybridized carbons (Fsp3) is 0.467. The molecule has 0 bridgehead atoms. The van der Waals surface area contributed by atoms with Gasteiger partial charge >= 0.3 is 5.97 Å². The van der Waals surface area contributed by atoms with E-state index in [1.54, 1.807) is 30.0 Å². The summed E-state index contributed by atoms with van der Waals surface area (Å²) in [5.41, 5.74) is 0.809. The van der Waals surface area contributed by atoms with E-state index < -0.39 is 12.0 Å². The summed E-state index contributed by atoms with van der Waals surface area (Å²) >= 11 is 7.47. The summed E-state index contributed by atoms with van der Waals surface area (Å²) in [4.78, 5) is 25.4. The monoisotopic (exact) mass is 327 g/mol. The molecule has 0 radical (unpaired) electrons. The molecule has 2 rings (SSSR count). The number of rotatable bonds is 5. The molecule has 0 spiro atoms. The number of carbonyl (C=O) groups excluding carboxylic acids is 1. The van der Waals surface area contributed by atoms with Gasteiger partial charge in [-0.05, 0) is 24.1 Å². The Bertz CT molecular complexity index is 537. The molecule has 114 valence electrons. The Hall–Kier alpha value is -1.20. The number of thioether (sulfide) groups is 1. The molecule has 1 heterocycles. The summed E-state index contributed by atoms with van der Waals surface area (Å²) in [6.45, 7) is 2.04. The molecule has 1 saturated heterocycles. The molecule has 1 fully saturated rings. The zero-order valence-electron chi connectivity index (χ0n) is 11.8. The average Bonchev–Trinajstić information content (AvgIpc) is 2.83. The first-order valence-electron chi connectivity index (χ1n) is 6.93. The van der Waals surface area contributed by atoms with Crippen molar-refractivity contribution >= 4 is 35.2 Å². The number of amides is 1. The van der Waals surface area contributed by atoms with E-state index in [0.717, 1.165) is 18.4 Å². The first-order chi connectivity index (χ1) is 10.0. The number of aliphatic carboxylic acids is 1. The van der Waals surface area contributed by atoms with Crippen LogP contribution in [0.3, 0.4) is 0 Å². The molecule has 6 heteroatoms. The fourth-order valence-electron chi connectivity index (χ4n) is 2.47. The number of hydrogen-bond donors (Lipinski definition) is 1. The molecule has 0 aromatic heterocycles. The highest BCUT2D eigenvalue weighted by Gasteiger charge is 2.40. The average molecular weight is 328 g/mol. The SMILES string of the molecule is CCCC1SCC(C(=O)O)N1C(=O)Cc1cccc(Cl)c1. The maximum Gasteiger partial charge on any atom is 0.327 e. The standard InChI is InChI=1S/C15H18ClNO3S/c1-2-4-14-17(12(9-21-14)15(19)20)13(18)8-10-5-3-6-11(16)7-10/h3,5-7,12,14H,2,4,8-9H2,1H3,(H,19,20). The van der Waals surface area contributed by atoms with Crippen molar-refractivity contribution < 1.29 is 14.7 Å². The van der Waals surface area contributed by atoms with Gasteiger partial charge in [0.1, 0.15) is 6.04 Å². The van der Waals surface area contributed by atoms with Crippen LogP contribution in [0, 0.1) is 0 Å². The molecule has 2 unspecified atom stereocenters. The van der Waals surface area contributed by atoms with E-state index in [4.69, 9.17) is 11.6 Å². The molecule has 0 aliphatic carbocycles. The lowest BCUT2D eigenvalue weighted by molar-refractivity contribution is -0.148. The summed E-state index contributed by atoms with van der Waals surface area (Å²) in [5.74, 6) is -0.616. The number of carbonyl (C=O) groups is 2. The van der Waals surface area contributed by atoms with Gasteiger partial charge in [0.25, 0.3) is 0 Å². The van der Waals surface area contributed by atoms with Crippen LogP contribution < -0.4 is 0 Å². The van der Waals surface area contributed by atoms with Gasteiger partial charge in [0.15, 0.2) is 0 Å². The van der Waals surface area contributed by atoms with E-state index in [2.05, 4.69) is 0 Å². The first kappa shape index (κ1) is 16.2. The zero-order valence-corrected chi connectivity index (χ0v) is 13.4. The summed E-state index contributed by atoms with van der Waals surface area (Å²) in [6, 6.07) is 6.40. The van der Waals surface area contributed by atoms with E-state index in [1.165, 1.54) is 4.90 Å². The Balaban J connectivity index is 2.14. The maximum absolute atomic E-state index is 12.5. The van der Waals surface area contributed by atoms with Gasteiger partial charge in [-0.3, -0.25) is 4.79 Å². The molecule has 21 heavy (non-hydrogen) atoms. The van der Waals surface area contributed by atoms with Gasteiger partial charge in [0, 0.05) is 10.8 Å². The molecule has 1 N–H and O–H groups in total. The molecular formula is C15H18ClNO3S. The van der Waals surface area contributed by atoms with Crippen molar-refractivity contribution in [1.29, 1.82) is 0 Å². The summed E-state index contributed by atoms with van der Waals surface area (Å²) in [5, 5.41) is 9.84. The summed E-state index contributed by atoms with van der Waals surface area (Å²) in [7, 11) is 0. The Kier molecular flexibility index (Phi) is 5.53. The molecule has 4 nitrogen and oxygen atoms in total. The van der Waals surface area contributed by atoms with Crippen LogP contribution in [0.5, 0.6) is 0 Å². The number of hydrogen-bond acceptors (Lipinski definition) is 3. The number of carboxylic acids is 1. The summed E-state index contributed by atoms with van der Waals surface area (Å²) < 4.78 is 0. The van der Waals surface area contributed by atoms with Gasteiger partial charge in [-0.2, -0.15) is 0 Å². The Morgan fingerprint density at radius 1 is 1.48 bits per heavy atom. The van der Waals surface area contributed by atoms with Crippen LogP contribution in [0.15, 0.2) is 24.3 Å². The van der Waals surface area contributed by atoms with Crippen molar-refractivity contribution in [3.8, 4) is 0 Å². The van der Waals surface area contributed by atoms with Crippen LogP contribution >= 0.6 is 23.4 Å². The lowest BCUT2D eigenvalue weighted by Gasteiger charge is -2.27. The fourth-order valence-corrected chi connectivity index (χ4v) is 4.22.